The minimum atomic E-state index is -0.355. The Labute approximate surface area is 97.1 Å². The number of terminal acetylenes is 1. The van der Waals surface area contributed by atoms with Gasteiger partial charge in [-0.25, -0.2) is 0 Å². The molecular weight excluding hydrogens is 198 g/mol. The number of nitrogens with one attached hydrogen (secondary N) is 1. The molecule has 0 aliphatic rings. The predicted molar refractivity (Wildman–Crippen MR) is 67.1 cm³/mol. The molecule has 1 amide bonds. The van der Waals surface area contributed by atoms with Crippen molar-refractivity contribution in [1.29, 1.82) is 0 Å². The lowest BCUT2D eigenvalue weighted by Gasteiger charge is -2.21. The molecule has 0 heterocycles. The lowest BCUT2D eigenvalue weighted by molar-refractivity contribution is -0.124. The van der Waals surface area contributed by atoms with Gasteiger partial charge in [-0.15, -0.1) is 6.42 Å². The van der Waals surface area contributed by atoms with E-state index in [9.17, 15) is 4.79 Å². The van der Waals surface area contributed by atoms with Crippen LogP contribution in [0.5, 0.6) is 0 Å². The number of benzene rings is 1. The van der Waals surface area contributed by atoms with Crippen LogP contribution in [-0.2, 0) is 4.79 Å². The normalized spacial score (nSPS) is 10.6. The minimum absolute atomic E-state index is 0.0178. The van der Waals surface area contributed by atoms with E-state index in [1.54, 1.807) is 6.07 Å². The van der Waals surface area contributed by atoms with E-state index in [4.69, 9.17) is 6.42 Å². The van der Waals surface area contributed by atoms with Crippen LogP contribution >= 0.6 is 0 Å². The summed E-state index contributed by atoms with van der Waals surface area (Å²) in [5, 5.41) is 2.87. The van der Waals surface area contributed by atoms with Gasteiger partial charge in [0.05, 0.1) is 0 Å². The average molecular weight is 215 g/mol. The molecule has 84 valence electrons. The Hall–Kier alpha value is -1.75. The maximum absolute atomic E-state index is 11.9. The summed E-state index contributed by atoms with van der Waals surface area (Å²) in [5.74, 6) is 2.56. The van der Waals surface area contributed by atoms with Crippen molar-refractivity contribution >= 4 is 11.6 Å². The highest BCUT2D eigenvalue weighted by molar-refractivity contribution is 5.94. The van der Waals surface area contributed by atoms with Gasteiger partial charge in [0.1, 0.15) is 0 Å². The van der Waals surface area contributed by atoms with Gasteiger partial charge in [0.2, 0.25) is 5.91 Å². The van der Waals surface area contributed by atoms with E-state index < -0.39 is 0 Å². The zero-order valence-corrected chi connectivity index (χ0v) is 10.0. The first-order valence-corrected chi connectivity index (χ1v) is 5.37. The fourth-order valence-electron chi connectivity index (χ4n) is 1.15. The molecule has 1 aromatic carbocycles. The highest BCUT2D eigenvalue weighted by Crippen LogP contribution is 2.22. The second-order valence-corrected chi connectivity index (χ2v) is 4.42. The molecule has 1 rings (SSSR count). The number of amides is 1. The van der Waals surface area contributed by atoms with Crippen molar-refractivity contribution in [1.82, 2.24) is 0 Å². The van der Waals surface area contributed by atoms with Crippen LogP contribution in [0.15, 0.2) is 24.3 Å². The van der Waals surface area contributed by atoms with Gasteiger partial charge < -0.3 is 5.32 Å². The third-order valence-corrected chi connectivity index (χ3v) is 2.79. The zero-order chi connectivity index (χ0) is 12.2. The molecule has 0 spiro atoms. The summed E-state index contributed by atoms with van der Waals surface area (Å²) in [4.78, 5) is 11.9. The third kappa shape index (κ3) is 2.87. The summed E-state index contributed by atoms with van der Waals surface area (Å²) in [6, 6.07) is 7.30. The van der Waals surface area contributed by atoms with Crippen LogP contribution < -0.4 is 5.32 Å². The second-order valence-electron chi connectivity index (χ2n) is 4.42. The maximum Gasteiger partial charge on any atom is 0.230 e. The first-order chi connectivity index (χ1) is 7.49. The summed E-state index contributed by atoms with van der Waals surface area (Å²) >= 11 is 0. The molecule has 1 aromatic rings. The Morgan fingerprint density at radius 2 is 2.19 bits per heavy atom. The monoisotopic (exact) mass is 215 g/mol. The van der Waals surface area contributed by atoms with E-state index in [1.165, 1.54) is 0 Å². The van der Waals surface area contributed by atoms with Crippen LogP contribution in [0.1, 0.15) is 32.8 Å². The summed E-state index contributed by atoms with van der Waals surface area (Å²) in [6.45, 7) is 5.85. The minimum Gasteiger partial charge on any atom is -0.326 e. The van der Waals surface area contributed by atoms with E-state index >= 15 is 0 Å². The lowest BCUT2D eigenvalue weighted by atomic mass is 9.89. The van der Waals surface area contributed by atoms with Crippen molar-refractivity contribution < 1.29 is 4.79 Å². The maximum atomic E-state index is 11.9. The van der Waals surface area contributed by atoms with Crippen molar-refractivity contribution in [3.05, 3.63) is 29.8 Å². The first-order valence-electron chi connectivity index (χ1n) is 5.37. The summed E-state index contributed by atoms with van der Waals surface area (Å²) in [6.07, 6.45) is 6.10. The molecule has 16 heavy (non-hydrogen) atoms. The first kappa shape index (κ1) is 12.3. The Morgan fingerprint density at radius 3 is 2.75 bits per heavy atom. The predicted octanol–water partition coefficient (Wildman–Crippen LogP) is 3.04. The van der Waals surface area contributed by atoms with Gasteiger partial charge in [0.15, 0.2) is 0 Å². The molecule has 0 radical (unpaired) electrons. The Kier molecular flexibility index (Phi) is 3.73. The fraction of sp³-hybridized carbons (Fsp3) is 0.357. The SMILES string of the molecule is C#Cc1cccc(NC(=O)C(C)(C)CC)c1. The Morgan fingerprint density at radius 1 is 1.50 bits per heavy atom. The molecule has 0 bridgehead atoms. The van der Waals surface area contributed by atoms with Crippen molar-refractivity contribution in [3.8, 4) is 12.3 Å². The second kappa shape index (κ2) is 4.85. The number of anilines is 1. The number of carbonyl (C=O) groups excluding carboxylic acids is 1. The number of hydrogen-bond donors (Lipinski definition) is 1. The number of rotatable bonds is 3. The van der Waals surface area contributed by atoms with Gasteiger partial charge >= 0.3 is 0 Å². The van der Waals surface area contributed by atoms with Gasteiger partial charge in [0, 0.05) is 16.7 Å². The molecule has 0 atom stereocenters. The number of carbonyl (C=O) groups is 1. The summed E-state index contributed by atoms with van der Waals surface area (Å²) in [7, 11) is 0. The molecule has 0 saturated heterocycles. The highest BCUT2D eigenvalue weighted by atomic mass is 16.2. The Balaban J connectivity index is 2.82. The van der Waals surface area contributed by atoms with Crippen LogP contribution in [0.4, 0.5) is 5.69 Å². The molecule has 0 saturated carbocycles. The standard InChI is InChI=1S/C14H17NO/c1-5-11-8-7-9-12(10-11)15-13(16)14(3,4)6-2/h1,7-10H,6H2,2-4H3,(H,15,16). The molecule has 0 fully saturated rings. The summed E-state index contributed by atoms with van der Waals surface area (Å²) in [5.41, 5.74) is 1.17. The van der Waals surface area contributed by atoms with E-state index in [0.717, 1.165) is 17.7 Å². The topological polar surface area (TPSA) is 29.1 Å². The van der Waals surface area contributed by atoms with Crippen LogP contribution in [0, 0.1) is 17.8 Å². The quantitative estimate of drug-likeness (QED) is 0.771. The van der Waals surface area contributed by atoms with Crippen molar-refractivity contribution in [2.75, 3.05) is 5.32 Å². The van der Waals surface area contributed by atoms with Gasteiger partial charge in [-0.1, -0.05) is 32.8 Å². The van der Waals surface area contributed by atoms with Crippen LogP contribution in [0.3, 0.4) is 0 Å². The smallest absolute Gasteiger partial charge is 0.230 e. The van der Waals surface area contributed by atoms with Gasteiger partial charge in [-0.3, -0.25) is 4.79 Å². The molecule has 0 aliphatic heterocycles. The van der Waals surface area contributed by atoms with Crippen LogP contribution in [0.25, 0.3) is 0 Å². The van der Waals surface area contributed by atoms with E-state index in [1.807, 2.05) is 39.0 Å². The highest BCUT2D eigenvalue weighted by Gasteiger charge is 2.25. The summed E-state index contributed by atoms with van der Waals surface area (Å²) < 4.78 is 0. The average Bonchev–Trinajstić information content (AvgIpc) is 2.29. The molecule has 2 nitrogen and oxygen atoms in total. The molecule has 1 N–H and O–H groups in total. The molecule has 2 heteroatoms. The molecule has 0 unspecified atom stereocenters. The largest absolute Gasteiger partial charge is 0.326 e. The zero-order valence-electron chi connectivity index (χ0n) is 10.0. The van der Waals surface area contributed by atoms with E-state index in [2.05, 4.69) is 11.2 Å². The molecular formula is C14H17NO. The van der Waals surface area contributed by atoms with Crippen molar-refractivity contribution in [3.63, 3.8) is 0 Å². The van der Waals surface area contributed by atoms with Gasteiger partial charge in [-0.2, -0.15) is 0 Å². The van der Waals surface area contributed by atoms with Crippen LogP contribution in [0.2, 0.25) is 0 Å². The fourth-order valence-corrected chi connectivity index (χ4v) is 1.15. The van der Waals surface area contributed by atoms with Crippen molar-refractivity contribution in [2.24, 2.45) is 5.41 Å². The van der Waals surface area contributed by atoms with Crippen LogP contribution in [-0.4, -0.2) is 5.91 Å². The van der Waals surface area contributed by atoms with Gasteiger partial charge in [0.25, 0.3) is 0 Å². The third-order valence-electron chi connectivity index (χ3n) is 2.79. The van der Waals surface area contributed by atoms with E-state index in [-0.39, 0.29) is 11.3 Å². The van der Waals surface area contributed by atoms with Crippen molar-refractivity contribution in [2.45, 2.75) is 27.2 Å². The molecule has 0 aromatic heterocycles. The lowest BCUT2D eigenvalue weighted by Crippen LogP contribution is -2.29. The number of hydrogen-bond acceptors (Lipinski definition) is 1. The van der Waals surface area contributed by atoms with Gasteiger partial charge in [-0.05, 0) is 24.6 Å². The van der Waals surface area contributed by atoms with E-state index in [0.29, 0.717) is 0 Å². The Bertz CT molecular complexity index is 427. The molecule has 0 aliphatic carbocycles.